The molecule has 9 rings (SSSR count). The Hall–Kier alpha value is -8.22. The van der Waals surface area contributed by atoms with Gasteiger partial charge in [-0.3, -0.25) is 9.59 Å². The van der Waals surface area contributed by atoms with Crippen molar-refractivity contribution in [2.24, 2.45) is 0 Å². The van der Waals surface area contributed by atoms with Gasteiger partial charge in [0.05, 0.1) is 11.3 Å². The molecule has 2 aliphatic rings. The molecule has 0 aliphatic carbocycles. The smallest absolute Gasteiger partial charge is 0.352 e. The molecule has 0 unspecified atom stereocenters. The van der Waals surface area contributed by atoms with Crippen molar-refractivity contribution >= 4 is 23.6 Å². The normalized spacial score (nSPS) is 14.3. The monoisotopic (exact) mass is 908 g/mol. The van der Waals surface area contributed by atoms with Crippen LogP contribution in [0.4, 0.5) is 38.1 Å². The van der Waals surface area contributed by atoms with Crippen molar-refractivity contribution in [1.29, 1.82) is 5.26 Å². The summed E-state index contributed by atoms with van der Waals surface area (Å²) in [6.07, 6.45) is -6.14. The van der Waals surface area contributed by atoms with E-state index in [1.165, 1.54) is 24.3 Å². The van der Waals surface area contributed by atoms with E-state index >= 15 is 0 Å². The number of carbonyl (C=O) groups excluding carboxylic acids is 2. The second-order valence-corrected chi connectivity index (χ2v) is 14.7. The molecule has 0 bridgehead atoms. The Labute approximate surface area is 370 Å². The minimum Gasteiger partial charge on any atom is -0.352 e. The van der Waals surface area contributed by atoms with Crippen LogP contribution in [0.1, 0.15) is 38.1 Å². The number of aromatic nitrogens is 7. The number of halogens is 6. The SMILES string of the molecule is N#Cc1cccnc1N1CCN(C(=O)c2cccc(-c3noc(C(F)(F)F)n3)c2)CC1.O=C(c1cccc(-c2noc(C(F)(F)F)n2)c1)N1CCN(c2nccc(-c3ccccc3)n2)CC1. The van der Waals surface area contributed by atoms with Crippen LogP contribution >= 0.6 is 0 Å². The van der Waals surface area contributed by atoms with Crippen molar-refractivity contribution in [2.75, 3.05) is 62.2 Å². The average Bonchev–Trinajstić information content (AvgIpc) is 4.07. The molecule has 2 saturated heterocycles. The molecule has 7 aromatic rings. The van der Waals surface area contributed by atoms with Gasteiger partial charge in [-0.1, -0.05) is 64.9 Å². The van der Waals surface area contributed by atoms with Crippen molar-refractivity contribution < 1.29 is 45.0 Å². The highest BCUT2D eigenvalue weighted by molar-refractivity contribution is 5.96. The van der Waals surface area contributed by atoms with Crippen molar-refractivity contribution in [3.05, 3.63) is 138 Å². The summed E-state index contributed by atoms with van der Waals surface area (Å²) in [5.41, 5.74) is 3.43. The van der Waals surface area contributed by atoms with Gasteiger partial charge >= 0.3 is 24.1 Å². The summed E-state index contributed by atoms with van der Waals surface area (Å²) in [5, 5.41) is 16.0. The lowest BCUT2D eigenvalue weighted by Crippen LogP contribution is -2.49. The zero-order valence-corrected chi connectivity index (χ0v) is 34.3. The maximum absolute atomic E-state index is 13.1. The van der Waals surface area contributed by atoms with Crippen LogP contribution in [0.2, 0.25) is 0 Å². The fraction of sp³-hybridized carbons (Fsp3) is 0.227. The van der Waals surface area contributed by atoms with Gasteiger partial charge in [-0.25, -0.2) is 15.0 Å². The molecule has 0 radical (unpaired) electrons. The number of nitriles is 1. The molecule has 16 nitrogen and oxygen atoms in total. The fourth-order valence-electron chi connectivity index (χ4n) is 7.10. The molecule has 0 spiro atoms. The lowest BCUT2D eigenvalue weighted by atomic mass is 10.1. The van der Waals surface area contributed by atoms with E-state index < -0.39 is 24.1 Å². The van der Waals surface area contributed by atoms with Gasteiger partial charge in [0.25, 0.3) is 11.8 Å². The van der Waals surface area contributed by atoms with Crippen molar-refractivity contribution in [3.8, 4) is 40.1 Å². The number of alkyl halides is 6. The number of piperazine rings is 2. The Morgan fingerprint density at radius 1 is 0.561 bits per heavy atom. The molecule has 0 saturated carbocycles. The first-order valence-corrected chi connectivity index (χ1v) is 20.1. The van der Waals surface area contributed by atoms with Gasteiger partial charge in [0.15, 0.2) is 0 Å². The first kappa shape index (κ1) is 44.4. The first-order chi connectivity index (χ1) is 31.7. The van der Waals surface area contributed by atoms with Gasteiger partial charge in [-0.05, 0) is 42.5 Å². The molecule has 2 aliphatic heterocycles. The molecule has 4 aromatic heterocycles. The highest BCUT2D eigenvalue weighted by Gasteiger charge is 2.39. The lowest BCUT2D eigenvalue weighted by Gasteiger charge is -2.35. The summed E-state index contributed by atoms with van der Waals surface area (Å²) in [5.74, 6) is -2.67. The van der Waals surface area contributed by atoms with E-state index in [1.807, 2.05) is 46.2 Å². The number of amides is 2. The number of hydrogen-bond acceptors (Lipinski definition) is 14. The Morgan fingerprint density at radius 2 is 1.08 bits per heavy atom. The van der Waals surface area contributed by atoms with Gasteiger partial charge in [0.1, 0.15) is 11.9 Å². The van der Waals surface area contributed by atoms with Crippen LogP contribution in [0.3, 0.4) is 0 Å². The largest absolute Gasteiger partial charge is 0.471 e. The summed E-state index contributed by atoms with van der Waals surface area (Å²) in [6.45, 7) is 3.79. The van der Waals surface area contributed by atoms with E-state index in [1.54, 1.807) is 58.6 Å². The minimum atomic E-state index is -4.74. The zero-order chi connectivity index (χ0) is 46.4. The molecule has 0 atom stereocenters. The summed E-state index contributed by atoms with van der Waals surface area (Å²) in [6, 6.07) is 29.4. The van der Waals surface area contributed by atoms with Crippen LogP contribution < -0.4 is 9.80 Å². The van der Waals surface area contributed by atoms with Crippen LogP contribution in [0.25, 0.3) is 34.0 Å². The van der Waals surface area contributed by atoms with E-state index in [9.17, 15) is 41.2 Å². The van der Waals surface area contributed by atoms with E-state index in [4.69, 9.17) is 0 Å². The standard InChI is InChI=1S/C24H19F3N6O2.C20H15F3N6O2/c25-24(26,27)22-30-20(31-35-22)17-7-4-8-18(15-17)21(34)32-11-13-33(14-12-32)23-28-10-9-19(29-23)16-5-2-1-3-6-16;21-20(22,23)19-26-16(27-31-19)13-3-1-4-14(11-13)18(30)29-9-7-28(8-10-29)17-15(12-24)5-2-6-25-17/h1-10,15H,11-14H2;1-6,11H,7-10H2. The van der Waals surface area contributed by atoms with Gasteiger partial charge in [-0.2, -0.15) is 41.6 Å². The quantitative estimate of drug-likeness (QED) is 0.147. The molecule has 22 heteroatoms. The molecule has 2 amide bonds. The second-order valence-electron chi connectivity index (χ2n) is 14.7. The Balaban J connectivity index is 0.000000181. The van der Waals surface area contributed by atoms with Gasteiger partial charge in [-0.15, -0.1) is 0 Å². The molecule has 6 heterocycles. The number of anilines is 2. The molecule has 2 fully saturated rings. The van der Waals surface area contributed by atoms with Crippen LogP contribution in [0, 0.1) is 11.3 Å². The van der Waals surface area contributed by atoms with Crippen LogP contribution in [0.5, 0.6) is 0 Å². The number of nitrogens with zero attached hydrogens (tertiary/aromatic N) is 12. The zero-order valence-electron chi connectivity index (χ0n) is 34.3. The van der Waals surface area contributed by atoms with Crippen molar-refractivity contribution in [3.63, 3.8) is 0 Å². The van der Waals surface area contributed by atoms with E-state index in [2.05, 4.69) is 50.3 Å². The number of benzene rings is 3. The Bertz CT molecular complexity index is 2870. The Morgan fingerprint density at radius 3 is 1.58 bits per heavy atom. The number of pyridine rings is 1. The lowest BCUT2D eigenvalue weighted by molar-refractivity contribution is -0.160. The van der Waals surface area contributed by atoms with Gasteiger partial charge in [0.2, 0.25) is 17.6 Å². The predicted molar refractivity (Wildman–Crippen MR) is 222 cm³/mol. The topological polar surface area (TPSA) is 187 Å². The fourth-order valence-corrected chi connectivity index (χ4v) is 7.10. The molecule has 336 valence electrons. The third kappa shape index (κ3) is 10.1. The maximum atomic E-state index is 13.1. The highest BCUT2D eigenvalue weighted by atomic mass is 19.4. The minimum absolute atomic E-state index is 0.229. The molecular formula is C44H34F6N12O4. The third-order valence-corrected chi connectivity index (χ3v) is 10.4. The third-order valence-electron chi connectivity index (χ3n) is 10.4. The molecule has 66 heavy (non-hydrogen) atoms. The summed E-state index contributed by atoms with van der Waals surface area (Å²) in [4.78, 5) is 53.3. The van der Waals surface area contributed by atoms with Crippen molar-refractivity contribution in [1.82, 2.24) is 45.0 Å². The molecular weight excluding hydrogens is 875 g/mol. The summed E-state index contributed by atoms with van der Waals surface area (Å²) >= 11 is 0. The maximum Gasteiger partial charge on any atom is 0.471 e. The number of rotatable bonds is 7. The predicted octanol–water partition coefficient (Wildman–Crippen LogP) is 7.16. The Kier molecular flexibility index (Phi) is 12.7. The van der Waals surface area contributed by atoms with Gasteiger partial charge in [0, 0.05) is 92.6 Å². The van der Waals surface area contributed by atoms with E-state index in [0.717, 1.165) is 11.3 Å². The summed E-state index contributed by atoms with van der Waals surface area (Å²) < 4.78 is 84.9. The first-order valence-electron chi connectivity index (χ1n) is 20.1. The van der Waals surface area contributed by atoms with Crippen LogP contribution in [0.15, 0.2) is 119 Å². The van der Waals surface area contributed by atoms with E-state index in [0.29, 0.717) is 80.8 Å². The molecule has 3 aromatic carbocycles. The highest BCUT2D eigenvalue weighted by Crippen LogP contribution is 2.31. The van der Waals surface area contributed by atoms with Crippen LogP contribution in [-0.2, 0) is 12.4 Å². The van der Waals surface area contributed by atoms with Gasteiger partial charge < -0.3 is 28.6 Å². The second kappa shape index (κ2) is 18.9. The average molecular weight is 909 g/mol. The number of carbonyl (C=O) groups is 2. The van der Waals surface area contributed by atoms with E-state index in [-0.39, 0.29) is 34.6 Å². The van der Waals surface area contributed by atoms with Crippen molar-refractivity contribution in [2.45, 2.75) is 12.4 Å². The summed E-state index contributed by atoms with van der Waals surface area (Å²) in [7, 11) is 0. The van der Waals surface area contributed by atoms with Crippen LogP contribution in [-0.4, -0.2) is 109 Å². The number of hydrogen-bond donors (Lipinski definition) is 0. The molecule has 0 N–H and O–H groups in total.